The van der Waals surface area contributed by atoms with E-state index in [4.69, 9.17) is 27.2 Å². The number of hydrogen-bond acceptors (Lipinski definition) is 4. The molecule has 1 aromatic rings. The number of phenols is 1. The third kappa shape index (κ3) is 5.59. The molecule has 0 heterocycles. The van der Waals surface area contributed by atoms with Crippen LogP contribution in [0.5, 0.6) is 5.75 Å². The smallest absolute Gasteiger partial charge is 0.331 e. The number of aromatic hydroxyl groups is 1. The van der Waals surface area contributed by atoms with Crippen molar-refractivity contribution in [2.45, 2.75) is 0 Å². The second-order valence-corrected chi connectivity index (χ2v) is 2.47. The van der Waals surface area contributed by atoms with Gasteiger partial charge in [-0.2, -0.15) is 10.5 Å². The van der Waals surface area contributed by atoms with E-state index in [1.165, 1.54) is 6.07 Å². The standard InChI is InChI=1S/C6H5ClO.C3N2O/c7-5-2-1-3-6(8)4-5;4-1-3(6)2-5/h1-4,8H;. The lowest BCUT2D eigenvalue weighted by molar-refractivity contribution is -0.109. The first-order chi connectivity index (χ1) is 6.60. The first-order valence-corrected chi connectivity index (χ1v) is 3.76. The van der Waals surface area contributed by atoms with Gasteiger partial charge in [0, 0.05) is 5.02 Å². The van der Waals surface area contributed by atoms with Crippen LogP contribution in [0.25, 0.3) is 0 Å². The van der Waals surface area contributed by atoms with Crippen LogP contribution in [0.3, 0.4) is 0 Å². The molecule has 1 N–H and O–H groups in total. The predicted octanol–water partition coefficient (Wildman–Crippen LogP) is 1.65. The van der Waals surface area contributed by atoms with Crippen molar-refractivity contribution in [1.29, 1.82) is 10.5 Å². The number of carbonyl (C=O) groups excluding carboxylic acids is 1. The molecule has 0 aromatic heterocycles. The van der Waals surface area contributed by atoms with Crippen molar-refractivity contribution < 1.29 is 9.90 Å². The first kappa shape index (κ1) is 12.0. The summed E-state index contributed by atoms with van der Waals surface area (Å²) in [6, 6.07) is 8.69. The third-order valence-corrected chi connectivity index (χ3v) is 1.25. The van der Waals surface area contributed by atoms with E-state index in [0.29, 0.717) is 5.02 Å². The maximum absolute atomic E-state index is 9.46. The summed E-state index contributed by atoms with van der Waals surface area (Å²) in [6.45, 7) is 0. The number of ketones is 1. The lowest BCUT2D eigenvalue weighted by Crippen LogP contribution is -1.81. The van der Waals surface area contributed by atoms with Crippen LogP contribution in [-0.2, 0) is 4.79 Å². The molecule has 0 aliphatic heterocycles. The van der Waals surface area contributed by atoms with Gasteiger partial charge in [-0.3, -0.25) is 4.79 Å². The summed E-state index contributed by atoms with van der Waals surface area (Å²) in [5.41, 5.74) is 0. The zero-order valence-electron chi connectivity index (χ0n) is 6.94. The van der Waals surface area contributed by atoms with E-state index in [2.05, 4.69) is 0 Å². The Bertz CT molecular complexity index is 371. The molecule has 1 aromatic carbocycles. The van der Waals surface area contributed by atoms with E-state index >= 15 is 0 Å². The summed E-state index contributed by atoms with van der Waals surface area (Å²) in [4.78, 5) is 9.46. The Balaban J connectivity index is 0.000000255. The minimum absolute atomic E-state index is 0.206. The van der Waals surface area contributed by atoms with Crippen LogP contribution in [-0.4, -0.2) is 10.9 Å². The number of Topliss-reactive ketones (excluding diaryl/α,β-unsaturated/α-hetero) is 1. The van der Waals surface area contributed by atoms with Crippen LogP contribution in [0.1, 0.15) is 0 Å². The Morgan fingerprint density at radius 2 is 1.93 bits per heavy atom. The van der Waals surface area contributed by atoms with Crippen LogP contribution in [0.2, 0.25) is 5.02 Å². The van der Waals surface area contributed by atoms with Crippen molar-refractivity contribution in [2.75, 3.05) is 0 Å². The minimum Gasteiger partial charge on any atom is -0.508 e. The lowest BCUT2D eigenvalue weighted by Gasteiger charge is -1.88. The number of nitriles is 2. The molecular weight excluding hydrogens is 204 g/mol. The van der Waals surface area contributed by atoms with Crippen LogP contribution < -0.4 is 0 Å². The van der Waals surface area contributed by atoms with Crippen LogP contribution in [0.4, 0.5) is 0 Å². The number of hydrogen-bond donors (Lipinski definition) is 1. The Morgan fingerprint density at radius 3 is 2.14 bits per heavy atom. The largest absolute Gasteiger partial charge is 0.508 e. The summed E-state index contributed by atoms with van der Waals surface area (Å²) in [5.74, 6) is -0.840. The van der Waals surface area contributed by atoms with Crippen molar-refractivity contribution in [1.82, 2.24) is 0 Å². The molecule has 4 nitrogen and oxygen atoms in total. The first-order valence-electron chi connectivity index (χ1n) is 3.39. The molecule has 0 fully saturated rings. The molecule has 5 heteroatoms. The molecule has 0 saturated carbocycles. The van der Waals surface area contributed by atoms with Gasteiger partial charge in [0.05, 0.1) is 0 Å². The summed E-state index contributed by atoms with van der Waals surface area (Å²) in [6.07, 6.45) is 0. The van der Waals surface area contributed by atoms with Gasteiger partial charge in [0.2, 0.25) is 0 Å². The molecule has 0 atom stereocenters. The summed E-state index contributed by atoms with van der Waals surface area (Å²) in [5, 5.41) is 24.3. The Morgan fingerprint density at radius 1 is 1.36 bits per heavy atom. The monoisotopic (exact) mass is 208 g/mol. The van der Waals surface area contributed by atoms with Gasteiger partial charge in [-0.15, -0.1) is 0 Å². The third-order valence-electron chi connectivity index (χ3n) is 1.01. The molecule has 0 amide bonds. The van der Waals surface area contributed by atoms with Crippen molar-refractivity contribution >= 4 is 17.4 Å². The van der Waals surface area contributed by atoms with E-state index in [1.54, 1.807) is 18.2 Å². The fourth-order valence-electron chi connectivity index (χ4n) is 0.501. The van der Waals surface area contributed by atoms with Crippen molar-refractivity contribution in [3.8, 4) is 17.9 Å². The van der Waals surface area contributed by atoms with E-state index in [1.807, 2.05) is 0 Å². The van der Waals surface area contributed by atoms with E-state index in [-0.39, 0.29) is 5.75 Å². The number of carbonyl (C=O) groups is 1. The van der Waals surface area contributed by atoms with Crippen LogP contribution in [0.15, 0.2) is 24.3 Å². The molecule has 0 saturated heterocycles. The highest BCUT2D eigenvalue weighted by molar-refractivity contribution is 6.30. The van der Waals surface area contributed by atoms with Gasteiger partial charge >= 0.3 is 5.78 Å². The number of halogens is 1. The zero-order valence-corrected chi connectivity index (χ0v) is 7.69. The SMILES string of the molecule is N#CC(=O)C#N.Oc1cccc(Cl)c1. The van der Waals surface area contributed by atoms with Crippen LogP contribution >= 0.6 is 11.6 Å². The Labute approximate surface area is 85.6 Å². The van der Waals surface area contributed by atoms with Gasteiger partial charge in [-0.05, 0) is 18.2 Å². The highest BCUT2D eigenvalue weighted by atomic mass is 35.5. The zero-order chi connectivity index (χ0) is 11.0. The fourth-order valence-corrected chi connectivity index (χ4v) is 0.686. The average Bonchev–Trinajstić information content (AvgIpc) is 2.17. The lowest BCUT2D eigenvalue weighted by atomic mass is 10.3. The van der Waals surface area contributed by atoms with Gasteiger partial charge in [-0.25, -0.2) is 0 Å². The average molecular weight is 209 g/mol. The Hall–Kier alpha value is -2.04. The minimum atomic E-state index is -1.05. The molecule has 0 aliphatic rings. The molecule has 70 valence electrons. The highest BCUT2D eigenvalue weighted by Gasteiger charge is 1.87. The Kier molecular flexibility index (Phi) is 5.53. The molecule has 14 heavy (non-hydrogen) atoms. The number of benzene rings is 1. The summed E-state index contributed by atoms with van der Waals surface area (Å²) < 4.78 is 0. The molecule has 0 spiro atoms. The number of nitrogens with zero attached hydrogens (tertiary/aromatic N) is 2. The topological polar surface area (TPSA) is 84.9 Å². The summed E-state index contributed by atoms with van der Waals surface area (Å²) in [7, 11) is 0. The quantitative estimate of drug-likeness (QED) is 0.657. The molecule has 0 radical (unpaired) electrons. The number of phenolic OH excluding ortho intramolecular Hbond substituents is 1. The van der Waals surface area contributed by atoms with E-state index in [0.717, 1.165) is 12.1 Å². The van der Waals surface area contributed by atoms with Crippen molar-refractivity contribution in [2.24, 2.45) is 0 Å². The maximum atomic E-state index is 9.46. The normalized spacial score (nSPS) is 7.36. The van der Waals surface area contributed by atoms with Crippen molar-refractivity contribution in [3.63, 3.8) is 0 Å². The van der Waals surface area contributed by atoms with E-state index < -0.39 is 5.78 Å². The van der Waals surface area contributed by atoms with Gasteiger partial charge in [0.15, 0.2) is 12.1 Å². The van der Waals surface area contributed by atoms with E-state index in [9.17, 15) is 4.79 Å². The van der Waals surface area contributed by atoms with Crippen molar-refractivity contribution in [3.05, 3.63) is 29.3 Å². The van der Waals surface area contributed by atoms with Gasteiger partial charge in [0.25, 0.3) is 0 Å². The molecule has 0 aliphatic carbocycles. The van der Waals surface area contributed by atoms with Gasteiger partial charge < -0.3 is 5.11 Å². The van der Waals surface area contributed by atoms with Gasteiger partial charge in [-0.1, -0.05) is 17.7 Å². The maximum Gasteiger partial charge on any atom is 0.331 e. The molecular formula is C9H5ClN2O2. The second kappa shape index (κ2) is 6.47. The predicted molar refractivity (Wildman–Crippen MR) is 49.3 cm³/mol. The molecule has 1 rings (SSSR count). The second-order valence-electron chi connectivity index (χ2n) is 2.03. The molecule has 0 unspecified atom stereocenters. The highest BCUT2D eigenvalue weighted by Crippen LogP contribution is 2.14. The van der Waals surface area contributed by atoms with Gasteiger partial charge in [0.1, 0.15) is 5.75 Å². The number of rotatable bonds is 0. The molecule has 0 bridgehead atoms. The van der Waals surface area contributed by atoms with Crippen LogP contribution in [0, 0.1) is 22.7 Å². The fraction of sp³-hybridized carbons (Fsp3) is 0. The summed E-state index contributed by atoms with van der Waals surface area (Å²) >= 11 is 5.48.